The molecule has 0 aliphatic carbocycles. The molecule has 0 aromatic heterocycles. The van der Waals surface area contributed by atoms with Crippen molar-refractivity contribution in [3.63, 3.8) is 0 Å². The molecular weight excluding hydrogens is 152 g/mol. The lowest BCUT2D eigenvalue weighted by Gasteiger charge is -2.24. The van der Waals surface area contributed by atoms with Gasteiger partial charge in [0.05, 0.1) is 6.10 Å². The Morgan fingerprint density at radius 3 is 1.92 bits per heavy atom. The number of hydrogen-bond donors (Lipinski definition) is 2. The van der Waals surface area contributed by atoms with Crippen LogP contribution in [0, 0.1) is 17.8 Å². The summed E-state index contributed by atoms with van der Waals surface area (Å²) in [6.07, 6.45) is 0.662. The summed E-state index contributed by atoms with van der Waals surface area (Å²) in [7, 11) is 0. The molecule has 2 heteroatoms. The average molecular weight is 174 g/mol. The molecule has 0 radical (unpaired) electrons. The molecule has 0 rings (SSSR count). The highest BCUT2D eigenvalue weighted by atomic mass is 16.3. The highest BCUT2D eigenvalue weighted by Gasteiger charge is 2.19. The monoisotopic (exact) mass is 174 g/mol. The molecular formula is C10H22O2. The average Bonchev–Trinajstić information content (AvgIpc) is 2.02. The SMILES string of the molecule is CC(C)[C@@H](O)[C@H](C)C[C@@H](C)CO. The van der Waals surface area contributed by atoms with Crippen LogP contribution in [0.4, 0.5) is 0 Å². The molecule has 0 amide bonds. The van der Waals surface area contributed by atoms with Gasteiger partial charge in [0.25, 0.3) is 0 Å². The largest absolute Gasteiger partial charge is 0.396 e. The van der Waals surface area contributed by atoms with E-state index in [9.17, 15) is 5.11 Å². The summed E-state index contributed by atoms with van der Waals surface area (Å²) in [5.74, 6) is 0.895. The quantitative estimate of drug-likeness (QED) is 0.665. The molecule has 0 spiro atoms. The fraction of sp³-hybridized carbons (Fsp3) is 1.00. The Kier molecular flexibility index (Phi) is 5.51. The highest BCUT2D eigenvalue weighted by Crippen LogP contribution is 2.19. The topological polar surface area (TPSA) is 40.5 Å². The zero-order valence-electron chi connectivity index (χ0n) is 8.62. The van der Waals surface area contributed by atoms with Gasteiger partial charge in [-0.15, -0.1) is 0 Å². The summed E-state index contributed by atoms with van der Waals surface area (Å²) in [4.78, 5) is 0. The van der Waals surface area contributed by atoms with Crippen LogP contribution in [0.5, 0.6) is 0 Å². The van der Waals surface area contributed by atoms with Crippen LogP contribution in [0.25, 0.3) is 0 Å². The van der Waals surface area contributed by atoms with E-state index in [0.717, 1.165) is 6.42 Å². The maximum absolute atomic E-state index is 9.66. The summed E-state index contributed by atoms with van der Waals surface area (Å²) in [6.45, 7) is 8.30. The van der Waals surface area contributed by atoms with Gasteiger partial charge in [0.1, 0.15) is 0 Å². The number of hydrogen-bond acceptors (Lipinski definition) is 2. The van der Waals surface area contributed by atoms with E-state index in [1.807, 2.05) is 27.7 Å². The molecule has 0 heterocycles. The van der Waals surface area contributed by atoms with Gasteiger partial charge in [-0.1, -0.05) is 27.7 Å². The first-order valence-corrected chi connectivity index (χ1v) is 4.78. The second-order valence-electron chi connectivity index (χ2n) is 4.24. The van der Waals surface area contributed by atoms with Crippen molar-refractivity contribution in [1.82, 2.24) is 0 Å². The van der Waals surface area contributed by atoms with Crippen LogP contribution in [0.15, 0.2) is 0 Å². The molecule has 0 saturated carbocycles. The second kappa shape index (κ2) is 5.55. The van der Waals surface area contributed by atoms with Gasteiger partial charge in [-0.05, 0) is 24.2 Å². The smallest absolute Gasteiger partial charge is 0.0588 e. The highest BCUT2D eigenvalue weighted by molar-refractivity contribution is 4.69. The van der Waals surface area contributed by atoms with Crippen molar-refractivity contribution in [2.24, 2.45) is 17.8 Å². The first kappa shape index (κ1) is 11.9. The molecule has 0 aliphatic heterocycles. The standard InChI is InChI=1S/C10H22O2/c1-7(2)10(12)9(4)5-8(3)6-11/h7-12H,5-6H2,1-4H3/t8-,9-,10-/m1/s1. The van der Waals surface area contributed by atoms with Crippen LogP contribution in [0.2, 0.25) is 0 Å². The summed E-state index contributed by atoms with van der Waals surface area (Å²) in [5.41, 5.74) is 0. The van der Waals surface area contributed by atoms with Crippen LogP contribution in [-0.4, -0.2) is 22.9 Å². The van der Waals surface area contributed by atoms with Gasteiger partial charge in [-0.3, -0.25) is 0 Å². The van der Waals surface area contributed by atoms with E-state index >= 15 is 0 Å². The molecule has 0 aliphatic rings. The van der Waals surface area contributed by atoms with Crippen molar-refractivity contribution in [3.05, 3.63) is 0 Å². The van der Waals surface area contributed by atoms with E-state index in [2.05, 4.69) is 0 Å². The van der Waals surface area contributed by atoms with Gasteiger partial charge in [0, 0.05) is 6.61 Å². The number of aliphatic hydroxyl groups is 2. The molecule has 0 aromatic carbocycles. The Balaban J connectivity index is 3.78. The van der Waals surface area contributed by atoms with Gasteiger partial charge >= 0.3 is 0 Å². The first-order chi connectivity index (χ1) is 5.49. The van der Waals surface area contributed by atoms with Crippen LogP contribution < -0.4 is 0 Å². The van der Waals surface area contributed by atoms with Gasteiger partial charge in [-0.25, -0.2) is 0 Å². The summed E-state index contributed by atoms with van der Waals surface area (Å²) in [5, 5.41) is 18.5. The summed E-state index contributed by atoms with van der Waals surface area (Å²) >= 11 is 0. The maximum atomic E-state index is 9.66. The minimum absolute atomic E-state index is 0.217. The molecule has 0 unspecified atom stereocenters. The molecule has 2 nitrogen and oxygen atoms in total. The zero-order valence-corrected chi connectivity index (χ0v) is 8.62. The molecule has 0 fully saturated rings. The third kappa shape index (κ3) is 4.07. The Bertz CT molecular complexity index is 112. The van der Waals surface area contributed by atoms with E-state index in [0.29, 0.717) is 11.8 Å². The van der Waals surface area contributed by atoms with E-state index < -0.39 is 0 Å². The lowest BCUT2D eigenvalue weighted by atomic mass is 9.88. The lowest BCUT2D eigenvalue weighted by Crippen LogP contribution is -2.25. The van der Waals surface area contributed by atoms with E-state index in [4.69, 9.17) is 5.11 Å². The van der Waals surface area contributed by atoms with E-state index in [1.165, 1.54) is 0 Å². The fourth-order valence-electron chi connectivity index (χ4n) is 1.51. The van der Waals surface area contributed by atoms with Gasteiger partial charge in [-0.2, -0.15) is 0 Å². The van der Waals surface area contributed by atoms with Crippen LogP contribution in [0.3, 0.4) is 0 Å². The number of aliphatic hydroxyl groups excluding tert-OH is 2. The Morgan fingerprint density at radius 2 is 1.58 bits per heavy atom. The maximum Gasteiger partial charge on any atom is 0.0588 e. The fourth-order valence-corrected chi connectivity index (χ4v) is 1.51. The second-order valence-corrected chi connectivity index (χ2v) is 4.24. The zero-order chi connectivity index (χ0) is 9.72. The molecule has 2 N–H and O–H groups in total. The summed E-state index contributed by atoms with van der Waals surface area (Å²) < 4.78 is 0. The molecule has 3 atom stereocenters. The van der Waals surface area contributed by atoms with Gasteiger partial charge < -0.3 is 10.2 Å². The molecule has 74 valence electrons. The van der Waals surface area contributed by atoms with Crippen molar-refractivity contribution in [1.29, 1.82) is 0 Å². The summed E-state index contributed by atoms with van der Waals surface area (Å²) in [6, 6.07) is 0. The van der Waals surface area contributed by atoms with Gasteiger partial charge in [0.15, 0.2) is 0 Å². The molecule has 0 aromatic rings. The minimum Gasteiger partial charge on any atom is -0.396 e. The first-order valence-electron chi connectivity index (χ1n) is 4.78. The lowest BCUT2D eigenvalue weighted by molar-refractivity contribution is 0.0562. The predicted octanol–water partition coefficient (Wildman–Crippen LogP) is 1.66. The molecule has 12 heavy (non-hydrogen) atoms. The van der Waals surface area contributed by atoms with Crippen molar-refractivity contribution in [2.75, 3.05) is 6.61 Å². The third-order valence-corrected chi connectivity index (χ3v) is 2.35. The molecule has 0 saturated heterocycles. The predicted molar refractivity (Wildman–Crippen MR) is 50.9 cm³/mol. The Morgan fingerprint density at radius 1 is 1.08 bits per heavy atom. The third-order valence-electron chi connectivity index (χ3n) is 2.35. The van der Waals surface area contributed by atoms with Crippen molar-refractivity contribution >= 4 is 0 Å². The minimum atomic E-state index is -0.237. The molecule has 0 bridgehead atoms. The Hall–Kier alpha value is -0.0800. The van der Waals surface area contributed by atoms with Gasteiger partial charge in [0.2, 0.25) is 0 Å². The van der Waals surface area contributed by atoms with Crippen molar-refractivity contribution < 1.29 is 10.2 Å². The van der Waals surface area contributed by atoms with Crippen molar-refractivity contribution in [3.8, 4) is 0 Å². The van der Waals surface area contributed by atoms with Crippen LogP contribution >= 0.6 is 0 Å². The van der Waals surface area contributed by atoms with Crippen LogP contribution in [-0.2, 0) is 0 Å². The van der Waals surface area contributed by atoms with E-state index in [1.54, 1.807) is 0 Å². The van der Waals surface area contributed by atoms with Crippen LogP contribution in [0.1, 0.15) is 34.1 Å². The normalized spacial score (nSPS) is 19.2. The number of rotatable bonds is 5. The van der Waals surface area contributed by atoms with E-state index in [-0.39, 0.29) is 18.6 Å². The Labute approximate surface area is 75.6 Å². The van der Waals surface area contributed by atoms with Crippen molar-refractivity contribution in [2.45, 2.75) is 40.2 Å².